The zero-order chi connectivity index (χ0) is 22.2. The first-order valence-corrected chi connectivity index (χ1v) is 12.8. The third-order valence-corrected chi connectivity index (χ3v) is 8.23. The molecule has 0 radical (unpaired) electrons. The predicted molar refractivity (Wildman–Crippen MR) is 124 cm³/mol. The highest BCUT2D eigenvalue weighted by molar-refractivity contribution is 7.91. The summed E-state index contributed by atoms with van der Waals surface area (Å²) in [5.41, 5.74) is 1.51. The first kappa shape index (κ1) is 21.8. The number of hydrogen-bond donors (Lipinski definition) is 0. The number of amides is 1. The van der Waals surface area contributed by atoms with E-state index in [1.54, 1.807) is 4.90 Å². The van der Waals surface area contributed by atoms with Gasteiger partial charge in [-0.15, -0.1) is 0 Å². The van der Waals surface area contributed by atoms with E-state index in [0.717, 1.165) is 34.8 Å². The summed E-state index contributed by atoms with van der Waals surface area (Å²) in [5, 5.41) is 2.95. The van der Waals surface area contributed by atoms with Gasteiger partial charge in [0.2, 0.25) is 0 Å². The van der Waals surface area contributed by atoms with Crippen LogP contribution >= 0.6 is 0 Å². The molecular formula is C24H30N2O4S. The van der Waals surface area contributed by atoms with Crippen LogP contribution in [-0.2, 0) is 9.84 Å². The molecule has 6 nitrogen and oxygen atoms in total. The summed E-state index contributed by atoms with van der Waals surface area (Å²) in [5.74, 6) is 0.262. The molecule has 1 aromatic heterocycles. The average molecular weight is 443 g/mol. The lowest BCUT2D eigenvalue weighted by Crippen LogP contribution is -2.45. The smallest absolute Gasteiger partial charge is 0.290 e. The third-order valence-electron chi connectivity index (χ3n) is 6.48. The minimum atomic E-state index is -3.11. The SMILES string of the molecule is CCN(CC)CCN(C(=O)c1oc2c(ccc3ccccc32)c1C)C1CCS(=O)(=O)C1. The number of benzene rings is 2. The van der Waals surface area contributed by atoms with Gasteiger partial charge in [-0.05, 0) is 31.8 Å². The van der Waals surface area contributed by atoms with Crippen LogP contribution in [0.3, 0.4) is 0 Å². The lowest BCUT2D eigenvalue weighted by atomic mass is 10.1. The number of nitrogens with zero attached hydrogens (tertiary/aromatic N) is 2. The van der Waals surface area contributed by atoms with Crippen LogP contribution in [0.4, 0.5) is 0 Å². The fourth-order valence-electron chi connectivity index (χ4n) is 4.54. The van der Waals surface area contributed by atoms with Crippen LogP contribution in [-0.4, -0.2) is 67.9 Å². The minimum Gasteiger partial charge on any atom is -0.450 e. The molecular weight excluding hydrogens is 412 g/mol. The fraction of sp³-hybridized carbons (Fsp3) is 0.458. The van der Waals surface area contributed by atoms with Gasteiger partial charge in [-0.2, -0.15) is 0 Å². The predicted octanol–water partition coefficient (Wildman–Crippen LogP) is 3.87. The van der Waals surface area contributed by atoms with Crippen molar-refractivity contribution in [2.24, 2.45) is 0 Å². The van der Waals surface area contributed by atoms with Gasteiger partial charge < -0.3 is 14.2 Å². The quantitative estimate of drug-likeness (QED) is 0.556. The molecule has 0 spiro atoms. The average Bonchev–Trinajstić information content (AvgIpc) is 3.30. The summed E-state index contributed by atoms with van der Waals surface area (Å²) in [7, 11) is -3.11. The van der Waals surface area contributed by atoms with E-state index in [1.165, 1.54) is 0 Å². The van der Waals surface area contributed by atoms with Crippen LogP contribution in [0.5, 0.6) is 0 Å². The second-order valence-corrected chi connectivity index (χ2v) is 10.5. The van der Waals surface area contributed by atoms with Crippen molar-refractivity contribution in [3.8, 4) is 0 Å². The monoisotopic (exact) mass is 442 g/mol. The first-order chi connectivity index (χ1) is 14.8. The summed E-state index contributed by atoms with van der Waals surface area (Å²) in [4.78, 5) is 17.6. The van der Waals surface area contributed by atoms with Crippen molar-refractivity contribution in [1.82, 2.24) is 9.80 Å². The molecule has 166 valence electrons. The lowest BCUT2D eigenvalue weighted by molar-refractivity contribution is 0.0643. The van der Waals surface area contributed by atoms with Crippen molar-refractivity contribution in [2.45, 2.75) is 33.2 Å². The largest absolute Gasteiger partial charge is 0.450 e. The molecule has 1 unspecified atom stereocenters. The number of carbonyl (C=O) groups excluding carboxylic acids is 1. The number of carbonyl (C=O) groups is 1. The van der Waals surface area contributed by atoms with E-state index in [1.807, 2.05) is 43.3 Å². The van der Waals surface area contributed by atoms with Gasteiger partial charge in [-0.3, -0.25) is 4.79 Å². The Kier molecular flexibility index (Phi) is 6.08. The van der Waals surface area contributed by atoms with Gasteiger partial charge in [-0.25, -0.2) is 8.42 Å². The van der Waals surface area contributed by atoms with E-state index in [9.17, 15) is 13.2 Å². The molecule has 0 aliphatic carbocycles. The highest BCUT2D eigenvalue weighted by Crippen LogP contribution is 2.33. The highest BCUT2D eigenvalue weighted by Gasteiger charge is 2.36. The van der Waals surface area contributed by atoms with Crippen molar-refractivity contribution in [3.63, 3.8) is 0 Å². The topological polar surface area (TPSA) is 70.8 Å². The van der Waals surface area contributed by atoms with Gasteiger partial charge >= 0.3 is 0 Å². The van der Waals surface area contributed by atoms with Gasteiger partial charge in [0.15, 0.2) is 15.6 Å². The van der Waals surface area contributed by atoms with Crippen LogP contribution in [0.15, 0.2) is 40.8 Å². The number of furan rings is 1. The number of aryl methyl sites for hydroxylation is 1. The zero-order valence-corrected chi connectivity index (χ0v) is 19.2. The second-order valence-electron chi connectivity index (χ2n) is 8.30. The Balaban J connectivity index is 1.72. The lowest BCUT2D eigenvalue weighted by Gasteiger charge is -2.30. The summed E-state index contributed by atoms with van der Waals surface area (Å²) >= 11 is 0. The van der Waals surface area contributed by atoms with Crippen LogP contribution < -0.4 is 0 Å². The molecule has 1 fully saturated rings. The molecule has 4 rings (SSSR count). The maximum absolute atomic E-state index is 13.7. The summed E-state index contributed by atoms with van der Waals surface area (Å²) in [6, 6.07) is 11.7. The van der Waals surface area contributed by atoms with Crippen LogP contribution in [0.2, 0.25) is 0 Å². The van der Waals surface area contributed by atoms with Crippen LogP contribution in [0, 0.1) is 6.92 Å². The summed E-state index contributed by atoms with van der Waals surface area (Å²) < 4.78 is 30.4. The first-order valence-electron chi connectivity index (χ1n) is 11.0. The number of fused-ring (bicyclic) bond motifs is 3. The fourth-order valence-corrected chi connectivity index (χ4v) is 6.27. The molecule has 0 saturated carbocycles. The molecule has 31 heavy (non-hydrogen) atoms. The number of rotatable bonds is 7. The highest BCUT2D eigenvalue weighted by atomic mass is 32.2. The van der Waals surface area contributed by atoms with E-state index in [2.05, 4.69) is 18.7 Å². The summed E-state index contributed by atoms with van der Waals surface area (Å²) in [6.45, 7) is 9.04. The maximum atomic E-state index is 13.7. The number of hydrogen-bond acceptors (Lipinski definition) is 5. The Labute approximate surface area is 183 Å². The maximum Gasteiger partial charge on any atom is 0.290 e. The molecule has 1 amide bonds. The van der Waals surface area contributed by atoms with Gasteiger partial charge in [0, 0.05) is 35.5 Å². The Hall–Kier alpha value is -2.38. The Morgan fingerprint density at radius 3 is 2.48 bits per heavy atom. The summed E-state index contributed by atoms with van der Waals surface area (Å²) in [6.07, 6.45) is 0.481. The Morgan fingerprint density at radius 1 is 1.06 bits per heavy atom. The van der Waals surface area contributed by atoms with E-state index < -0.39 is 9.84 Å². The van der Waals surface area contributed by atoms with E-state index >= 15 is 0 Å². The molecule has 1 saturated heterocycles. The molecule has 1 atom stereocenters. The van der Waals surface area contributed by atoms with Crippen molar-refractivity contribution in [2.75, 3.05) is 37.7 Å². The number of sulfone groups is 1. The molecule has 2 aromatic carbocycles. The van der Waals surface area contributed by atoms with Gasteiger partial charge in [0.05, 0.1) is 11.5 Å². The van der Waals surface area contributed by atoms with Crippen molar-refractivity contribution < 1.29 is 17.6 Å². The number of likely N-dealkylation sites (N-methyl/N-ethyl adjacent to an activating group) is 1. The Morgan fingerprint density at radius 2 is 1.81 bits per heavy atom. The van der Waals surface area contributed by atoms with Crippen LogP contribution in [0.25, 0.3) is 21.7 Å². The van der Waals surface area contributed by atoms with Gasteiger partial charge in [0.25, 0.3) is 5.91 Å². The molecule has 1 aliphatic heterocycles. The standard InChI is InChI=1S/C24H30N2O4S/c1-4-25(5-2)13-14-26(19-12-15-31(28,29)16-19)24(27)22-17(3)20-11-10-18-8-6-7-9-21(18)23(20)30-22/h6-11,19H,4-5,12-16H2,1-3H3. The van der Waals surface area contributed by atoms with E-state index in [0.29, 0.717) is 30.9 Å². The molecule has 3 aromatic rings. The molecule has 0 bridgehead atoms. The zero-order valence-electron chi connectivity index (χ0n) is 18.4. The molecule has 2 heterocycles. The molecule has 1 aliphatic rings. The molecule has 0 N–H and O–H groups in total. The van der Waals surface area contributed by atoms with Crippen molar-refractivity contribution in [3.05, 3.63) is 47.7 Å². The Bertz CT molecular complexity index is 1210. The van der Waals surface area contributed by atoms with Gasteiger partial charge in [0.1, 0.15) is 5.58 Å². The van der Waals surface area contributed by atoms with E-state index in [4.69, 9.17) is 4.42 Å². The van der Waals surface area contributed by atoms with E-state index in [-0.39, 0.29) is 23.5 Å². The minimum absolute atomic E-state index is 0.0270. The van der Waals surface area contributed by atoms with Crippen molar-refractivity contribution in [1.29, 1.82) is 0 Å². The third kappa shape index (κ3) is 4.21. The second kappa shape index (κ2) is 8.63. The normalized spacial score (nSPS) is 18.3. The molecule has 7 heteroatoms. The van der Waals surface area contributed by atoms with Gasteiger partial charge in [-0.1, -0.05) is 50.2 Å². The van der Waals surface area contributed by atoms with Crippen LogP contribution in [0.1, 0.15) is 36.4 Å². The van der Waals surface area contributed by atoms with Crippen molar-refractivity contribution >= 4 is 37.5 Å².